The highest BCUT2D eigenvalue weighted by Gasteiger charge is 2.41. The lowest BCUT2D eigenvalue weighted by molar-refractivity contribution is -0.149. The molecule has 5 heteroatoms. The fourth-order valence-electron chi connectivity index (χ4n) is 2.07. The van der Waals surface area contributed by atoms with E-state index in [1.54, 1.807) is 6.92 Å². The van der Waals surface area contributed by atoms with Gasteiger partial charge in [-0.2, -0.15) is 0 Å². The van der Waals surface area contributed by atoms with Gasteiger partial charge in [-0.1, -0.05) is 6.92 Å². The van der Waals surface area contributed by atoms with E-state index in [-0.39, 0.29) is 11.8 Å². The molecular weight excluding hydrogens is 198 g/mol. The van der Waals surface area contributed by atoms with Crippen LogP contribution in [0, 0.1) is 17.8 Å². The molecule has 3 atom stereocenters. The molecule has 0 bridgehead atoms. The number of hydroxylamine groups is 1. The third-order valence-electron chi connectivity index (χ3n) is 2.77. The van der Waals surface area contributed by atoms with E-state index in [9.17, 15) is 9.59 Å². The quantitative estimate of drug-likeness (QED) is 0.680. The van der Waals surface area contributed by atoms with Crippen LogP contribution in [-0.2, 0) is 14.4 Å². The summed E-state index contributed by atoms with van der Waals surface area (Å²) < 4.78 is 0. The molecule has 0 aromatic rings. The third-order valence-corrected chi connectivity index (χ3v) is 2.77. The van der Waals surface area contributed by atoms with Crippen molar-refractivity contribution in [1.29, 1.82) is 0 Å². The predicted octanol–water partition coefficient (Wildman–Crippen LogP) is 0.801. The van der Waals surface area contributed by atoms with Gasteiger partial charge in [0, 0.05) is 0 Å². The number of carbonyl (C=O) groups is 2. The van der Waals surface area contributed by atoms with E-state index < -0.39 is 17.8 Å². The van der Waals surface area contributed by atoms with E-state index >= 15 is 0 Å². The monoisotopic (exact) mass is 215 g/mol. The van der Waals surface area contributed by atoms with Crippen molar-refractivity contribution in [1.82, 2.24) is 5.48 Å². The van der Waals surface area contributed by atoms with Gasteiger partial charge >= 0.3 is 5.97 Å². The molecule has 1 aliphatic carbocycles. The van der Waals surface area contributed by atoms with Gasteiger partial charge in [-0.25, -0.2) is 5.48 Å². The third kappa shape index (κ3) is 2.92. The number of hydrogen-bond acceptors (Lipinski definition) is 3. The Morgan fingerprint density at radius 2 is 2.00 bits per heavy atom. The number of carbonyl (C=O) groups excluding carboxylic acids is 1. The lowest BCUT2D eigenvalue weighted by atomic mass is 9.96. The van der Waals surface area contributed by atoms with Crippen molar-refractivity contribution in [3.8, 4) is 0 Å². The van der Waals surface area contributed by atoms with Gasteiger partial charge in [-0.15, -0.1) is 0 Å². The van der Waals surface area contributed by atoms with Crippen molar-refractivity contribution < 1.29 is 19.5 Å². The first-order valence-electron chi connectivity index (χ1n) is 5.20. The lowest BCUT2D eigenvalue weighted by Gasteiger charge is -2.14. The molecule has 0 aromatic carbocycles. The van der Waals surface area contributed by atoms with Crippen LogP contribution in [0.2, 0.25) is 0 Å². The molecule has 1 aliphatic rings. The molecule has 5 nitrogen and oxygen atoms in total. The maximum absolute atomic E-state index is 11.6. The van der Waals surface area contributed by atoms with E-state index in [2.05, 4.69) is 5.48 Å². The Labute approximate surface area is 88.8 Å². The first-order valence-corrected chi connectivity index (χ1v) is 5.20. The highest BCUT2D eigenvalue weighted by atomic mass is 16.6. The number of carboxylic acid groups (broad SMARTS) is 1. The van der Waals surface area contributed by atoms with Crippen LogP contribution in [0.4, 0.5) is 0 Å². The Balaban J connectivity index is 2.58. The van der Waals surface area contributed by atoms with Crippen LogP contribution < -0.4 is 5.48 Å². The van der Waals surface area contributed by atoms with E-state index in [4.69, 9.17) is 9.94 Å². The minimum Gasteiger partial charge on any atom is -0.481 e. The highest BCUT2D eigenvalue weighted by Crippen LogP contribution is 2.36. The average molecular weight is 215 g/mol. The molecule has 0 heterocycles. The van der Waals surface area contributed by atoms with Gasteiger partial charge in [-0.05, 0) is 25.7 Å². The summed E-state index contributed by atoms with van der Waals surface area (Å²) in [7, 11) is 0. The normalized spacial score (nSPS) is 30.1. The number of hydrogen-bond donors (Lipinski definition) is 2. The number of nitrogens with one attached hydrogen (secondary N) is 1. The van der Waals surface area contributed by atoms with Crippen molar-refractivity contribution in [3.63, 3.8) is 0 Å². The van der Waals surface area contributed by atoms with Gasteiger partial charge in [0.1, 0.15) is 0 Å². The lowest BCUT2D eigenvalue weighted by Crippen LogP contribution is -2.35. The van der Waals surface area contributed by atoms with Gasteiger partial charge in [0.15, 0.2) is 0 Å². The zero-order chi connectivity index (χ0) is 11.4. The van der Waals surface area contributed by atoms with Crippen LogP contribution >= 0.6 is 0 Å². The first kappa shape index (κ1) is 12.0. The number of carboxylic acids is 1. The van der Waals surface area contributed by atoms with E-state index in [0.29, 0.717) is 19.4 Å². The Kier molecular flexibility index (Phi) is 4.08. The minimum atomic E-state index is -0.893. The van der Waals surface area contributed by atoms with E-state index in [0.717, 1.165) is 0 Å². The average Bonchev–Trinajstić information content (AvgIpc) is 2.57. The van der Waals surface area contributed by atoms with Crippen molar-refractivity contribution >= 4 is 11.9 Å². The Bertz CT molecular complexity index is 254. The van der Waals surface area contributed by atoms with Crippen LogP contribution in [0.15, 0.2) is 0 Å². The standard InChI is InChI=1S/C10H17NO4/c1-3-15-11-9(12)7-4-6(2)5-8(7)10(13)14/h6-8H,3-5H2,1-2H3,(H,11,12)(H,13,14). The van der Waals surface area contributed by atoms with Crippen molar-refractivity contribution in [2.75, 3.05) is 6.61 Å². The number of amides is 1. The molecule has 1 amide bonds. The van der Waals surface area contributed by atoms with Gasteiger partial charge in [0.2, 0.25) is 5.91 Å². The largest absolute Gasteiger partial charge is 0.481 e. The van der Waals surface area contributed by atoms with Crippen LogP contribution in [0.25, 0.3) is 0 Å². The zero-order valence-electron chi connectivity index (χ0n) is 9.03. The second-order valence-electron chi connectivity index (χ2n) is 4.03. The molecule has 86 valence electrons. The van der Waals surface area contributed by atoms with Gasteiger partial charge < -0.3 is 5.11 Å². The zero-order valence-corrected chi connectivity index (χ0v) is 9.03. The highest BCUT2D eigenvalue weighted by molar-refractivity contribution is 5.84. The number of aliphatic carboxylic acids is 1. The first-order chi connectivity index (χ1) is 7.06. The summed E-state index contributed by atoms with van der Waals surface area (Å²) in [6.45, 7) is 4.10. The Hall–Kier alpha value is -1.10. The molecule has 0 aromatic heterocycles. The van der Waals surface area contributed by atoms with Crippen molar-refractivity contribution in [2.24, 2.45) is 17.8 Å². The van der Waals surface area contributed by atoms with Crippen molar-refractivity contribution in [3.05, 3.63) is 0 Å². The molecule has 0 saturated heterocycles. The van der Waals surface area contributed by atoms with Crippen LogP contribution in [0.5, 0.6) is 0 Å². The fraction of sp³-hybridized carbons (Fsp3) is 0.800. The summed E-state index contributed by atoms with van der Waals surface area (Å²) in [5, 5.41) is 8.95. The van der Waals surface area contributed by atoms with Crippen LogP contribution in [0.1, 0.15) is 26.7 Å². The molecule has 1 fully saturated rings. The van der Waals surface area contributed by atoms with E-state index in [1.165, 1.54) is 0 Å². The van der Waals surface area contributed by atoms with Gasteiger partial charge in [0.05, 0.1) is 18.4 Å². The summed E-state index contributed by atoms with van der Waals surface area (Å²) in [5.74, 6) is -1.95. The second kappa shape index (κ2) is 5.11. The van der Waals surface area contributed by atoms with Crippen molar-refractivity contribution in [2.45, 2.75) is 26.7 Å². The van der Waals surface area contributed by atoms with Gasteiger partial charge in [0.25, 0.3) is 0 Å². The topological polar surface area (TPSA) is 75.6 Å². The Morgan fingerprint density at radius 3 is 2.53 bits per heavy atom. The van der Waals surface area contributed by atoms with Gasteiger partial charge in [-0.3, -0.25) is 14.4 Å². The molecular formula is C10H17NO4. The number of rotatable bonds is 4. The summed E-state index contributed by atoms with van der Waals surface area (Å²) >= 11 is 0. The Morgan fingerprint density at radius 1 is 1.40 bits per heavy atom. The van der Waals surface area contributed by atoms with Crippen LogP contribution in [0.3, 0.4) is 0 Å². The summed E-state index contributed by atoms with van der Waals surface area (Å²) in [6, 6.07) is 0. The predicted molar refractivity (Wildman–Crippen MR) is 52.8 cm³/mol. The summed E-state index contributed by atoms with van der Waals surface area (Å²) in [6.07, 6.45) is 1.19. The van der Waals surface area contributed by atoms with Crippen LogP contribution in [-0.4, -0.2) is 23.6 Å². The molecule has 0 radical (unpaired) electrons. The molecule has 1 rings (SSSR count). The summed E-state index contributed by atoms with van der Waals surface area (Å²) in [5.41, 5.74) is 2.28. The SMILES string of the molecule is CCONC(=O)C1CC(C)CC1C(=O)O. The second-order valence-corrected chi connectivity index (χ2v) is 4.03. The summed E-state index contributed by atoms with van der Waals surface area (Å²) in [4.78, 5) is 27.3. The molecule has 1 saturated carbocycles. The molecule has 0 aliphatic heterocycles. The molecule has 3 unspecified atom stereocenters. The van der Waals surface area contributed by atoms with E-state index in [1.807, 2.05) is 6.92 Å². The minimum absolute atomic E-state index is 0.281. The maximum Gasteiger partial charge on any atom is 0.307 e. The molecule has 2 N–H and O–H groups in total. The maximum atomic E-state index is 11.6. The molecule has 15 heavy (non-hydrogen) atoms. The fourth-order valence-corrected chi connectivity index (χ4v) is 2.07. The molecule has 0 spiro atoms. The smallest absolute Gasteiger partial charge is 0.307 e.